The number of rotatable bonds is 5. The van der Waals surface area contributed by atoms with E-state index in [1.54, 1.807) is 31.2 Å². The van der Waals surface area contributed by atoms with E-state index in [2.05, 4.69) is 5.32 Å². The monoisotopic (exact) mass is 345 g/mol. The van der Waals surface area contributed by atoms with Crippen molar-refractivity contribution in [3.63, 3.8) is 0 Å². The molecule has 3 rings (SSSR count). The van der Waals surface area contributed by atoms with Gasteiger partial charge in [0.1, 0.15) is 10.6 Å². The van der Waals surface area contributed by atoms with Crippen LogP contribution in [-0.4, -0.2) is 14.3 Å². The number of carbonyl (C=O) groups is 1. The topological polar surface area (TPSA) is 72.5 Å². The minimum Gasteiger partial charge on any atom is -0.379 e. The number of amides is 1. The van der Waals surface area contributed by atoms with Gasteiger partial charge in [-0.2, -0.15) is 8.42 Å². The molecule has 2 aromatic rings. The molecule has 1 aliphatic carbocycles. The molecule has 24 heavy (non-hydrogen) atoms. The first kappa shape index (κ1) is 16.5. The summed E-state index contributed by atoms with van der Waals surface area (Å²) in [7, 11) is -3.89. The van der Waals surface area contributed by atoms with Gasteiger partial charge in [-0.3, -0.25) is 4.79 Å². The van der Waals surface area contributed by atoms with Crippen LogP contribution in [0.15, 0.2) is 47.4 Å². The standard InChI is InChI=1S/C18H19NO4S/c1-2-18(20)19-15-7-10-17(11-8-15)24(21,22)23-16-9-6-13-4-3-5-14(13)12-16/h6-12H,2-5H2,1H3,(H,19,20). The van der Waals surface area contributed by atoms with Crippen molar-refractivity contribution in [2.45, 2.75) is 37.5 Å². The molecule has 0 saturated heterocycles. The van der Waals surface area contributed by atoms with Crippen LogP contribution in [0.5, 0.6) is 5.75 Å². The third-order valence-electron chi connectivity index (χ3n) is 4.02. The second-order valence-corrected chi connectivity index (χ2v) is 7.29. The normalized spacial score (nSPS) is 13.4. The fourth-order valence-corrected chi connectivity index (χ4v) is 3.65. The van der Waals surface area contributed by atoms with Crippen LogP contribution in [0.1, 0.15) is 30.9 Å². The van der Waals surface area contributed by atoms with Gasteiger partial charge in [0.15, 0.2) is 0 Å². The van der Waals surface area contributed by atoms with Crippen LogP contribution in [0.25, 0.3) is 0 Å². The predicted octanol–water partition coefficient (Wildman–Crippen LogP) is 3.29. The highest BCUT2D eigenvalue weighted by Gasteiger charge is 2.18. The third kappa shape index (κ3) is 3.59. The number of aryl methyl sites for hydroxylation is 2. The smallest absolute Gasteiger partial charge is 0.339 e. The van der Waals surface area contributed by atoms with Gasteiger partial charge in [-0.05, 0) is 66.8 Å². The quantitative estimate of drug-likeness (QED) is 0.844. The van der Waals surface area contributed by atoms with Crippen molar-refractivity contribution >= 4 is 21.7 Å². The van der Waals surface area contributed by atoms with Crippen LogP contribution in [-0.2, 0) is 27.8 Å². The predicted molar refractivity (Wildman–Crippen MR) is 91.6 cm³/mol. The van der Waals surface area contributed by atoms with Crippen LogP contribution < -0.4 is 9.50 Å². The summed E-state index contributed by atoms with van der Waals surface area (Å²) in [6.07, 6.45) is 3.45. The summed E-state index contributed by atoms with van der Waals surface area (Å²) in [6, 6.07) is 11.4. The number of benzene rings is 2. The summed E-state index contributed by atoms with van der Waals surface area (Å²) in [5.41, 5.74) is 2.97. The summed E-state index contributed by atoms with van der Waals surface area (Å²) in [6.45, 7) is 1.75. The minimum atomic E-state index is -3.89. The average molecular weight is 345 g/mol. The molecule has 0 radical (unpaired) electrons. The molecule has 5 nitrogen and oxygen atoms in total. The lowest BCUT2D eigenvalue weighted by molar-refractivity contribution is -0.115. The molecule has 6 heteroatoms. The lowest BCUT2D eigenvalue weighted by atomic mass is 10.1. The highest BCUT2D eigenvalue weighted by atomic mass is 32.2. The minimum absolute atomic E-state index is 0.0532. The summed E-state index contributed by atoms with van der Waals surface area (Å²) >= 11 is 0. The summed E-state index contributed by atoms with van der Waals surface area (Å²) < 4.78 is 30.0. The Morgan fingerprint density at radius 2 is 1.79 bits per heavy atom. The molecule has 0 fully saturated rings. The van der Waals surface area contributed by atoms with Crippen molar-refractivity contribution in [2.75, 3.05) is 5.32 Å². The maximum Gasteiger partial charge on any atom is 0.339 e. The first-order valence-electron chi connectivity index (χ1n) is 7.94. The zero-order valence-electron chi connectivity index (χ0n) is 13.4. The van der Waals surface area contributed by atoms with Gasteiger partial charge in [-0.15, -0.1) is 0 Å². The Morgan fingerprint density at radius 1 is 1.08 bits per heavy atom. The van der Waals surface area contributed by atoms with Crippen molar-refractivity contribution in [1.82, 2.24) is 0 Å². The van der Waals surface area contributed by atoms with Gasteiger partial charge in [0.25, 0.3) is 0 Å². The molecular weight excluding hydrogens is 326 g/mol. The molecule has 0 bridgehead atoms. The molecule has 0 saturated carbocycles. The Hall–Kier alpha value is -2.34. The summed E-state index contributed by atoms with van der Waals surface area (Å²) in [5.74, 6) is 0.207. The molecule has 0 spiro atoms. The molecule has 126 valence electrons. The fraction of sp³-hybridized carbons (Fsp3) is 0.278. The molecule has 1 aliphatic rings. The van der Waals surface area contributed by atoms with Gasteiger partial charge < -0.3 is 9.50 Å². The molecule has 0 atom stereocenters. The van der Waals surface area contributed by atoms with Crippen LogP contribution in [0.2, 0.25) is 0 Å². The lowest BCUT2D eigenvalue weighted by Gasteiger charge is -2.09. The zero-order chi connectivity index (χ0) is 17.2. The van der Waals surface area contributed by atoms with Crippen LogP contribution in [0.3, 0.4) is 0 Å². The maximum absolute atomic E-state index is 12.4. The highest BCUT2D eigenvalue weighted by molar-refractivity contribution is 7.87. The molecule has 0 aromatic heterocycles. The SMILES string of the molecule is CCC(=O)Nc1ccc(S(=O)(=O)Oc2ccc3c(c2)CCC3)cc1. The Kier molecular flexibility index (Phi) is 4.57. The van der Waals surface area contributed by atoms with Crippen molar-refractivity contribution < 1.29 is 17.4 Å². The van der Waals surface area contributed by atoms with Gasteiger partial charge in [0.05, 0.1) is 0 Å². The maximum atomic E-state index is 12.4. The number of fused-ring (bicyclic) bond motifs is 1. The largest absolute Gasteiger partial charge is 0.379 e. The van der Waals surface area contributed by atoms with E-state index in [4.69, 9.17) is 4.18 Å². The van der Waals surface area contributed by atoms with E-state index in [0.717, 1.165) is 24.8 Å². The van der Waals surface area contributed by atoms with Crippen molar-refractivity contribution in [3.05, 3.63) is 53.6 Å². The van der Waals surface area contributed by atoms with E-state index in [9.17, 15) is 13.2 Å². The van der Waals surface area contributed by atoms with Gasteiger partial charge in [0, 0.05) is 12.1 Å². The average Bonchev–Trinajstić information content (AvgIpc) is 3.02. The summed E-state index contributed by atoms with van der Waals surface area (Å²) in [4.78, 5) is 11.4. The second kappa shape index (κ2) is 6.65. The zero-order valence-corrected chi connectivity index (χ0v) is 14.2. The third-order valence-corrected chi connectivity index (χ3v) is 5.29. The molecule has 0 aliphatic heterocycles. The van der Waals surface area contributed by atoms with E-state index in [-0.39, 0.29) is 10.8 Å². The van der Waals surface area contributed by atoms with Gasteiger partial charge in [0.2, 0.25) is 5.91 Å². The van der Waals surface area contributed by atoms with E-state index >= 15 is 0 Å². The number of anilines is 1. The fourth-order valence-electron chi connectivity index (χ4n) is 2.73. The van der Waals surface area contributed by atoms with Crippen LogP contribution in [0.4, 0.5) is 5.69 Å². The first-order chi connectivity index (χ1) is 11.5. The Morgan fingerprint density at radius 3 is 2.50 bits per heavy atom. The van der Waals surface area contributed by atoms with E-state index in [1.165, 1.54) is 17.7 Å². The number of carbonyl (C=O) groups excluding carboxylic acids is 1. The van der Waals surface area contributed by atoms with E-state index in [0.29, 0.717) is 17.9 Å². The molecule has 0 heterocycles. The van der Waals surface area contributed by atoms with Crippen molar-refractivity contribution in [1.29, 1.82) is 0 Å². The van der Waals surface area contributed by atoms with Gasteiger partial charge >= 0.3 is 10.1 Å². The Labute approximate surface area is 141 Å². The number of hydrogen-bond donors (Lipinski definition) is 1. The Bertz CT molecular complexity index is 857. The molecule has 0 unspecified atom stereocenters. The van der Waals surface area contributed by atoms with Crippen molar-refractivity contribution in [3.8, 4) is 5.75 Å². The van der Waals surface area contributed by atoms with E-state index in [1.807, 2.05) is 6.07 Å². The lowest BCUT2D eigenvalue weighted by Crippen LogP contribution is -2.11. The molecular formula is C18H19NO4S. The molecule has 1 amide bonds. The highest BCUT2D eigenvalue weighted by Crippen LogP contribution is 2.28. The number of nitrogens with one attached hydrogen (secondary N) is 1. The first-order valence-corrected chi connectivity index (χ1v) is 9.35. The van der Waals surface area contributed by atoms with Gasteiger partial charge in [-0.25, -0.2) is 0 Å². The second-order valence-electron chi connectivity index (χ2n) is 5.75. The van der Waals surface area contributed by atoms with E-state index < -0.39 is 10.1 Å². The van der Waals surface area contributed by atoms with Gasteiger partial charge in [-0.1, -0.05) is 13.0 Å². The van der Waals surface area contributed by atoms with Crippen LogP contribution >= 0.6 is 0 Å². The Balaban J connectivity index is 1.76. The number of hydrogen-bond acceptors (Lipinski definition) is 4. The molecule has 1 N–H and O–H groups in total. The van der Waals surface area contributed by atoms with Crippen LogP contribution in [0, 0.1) is 0 Å². The van der Waals surface area contributed by atoms with Crippen molar-refractivity contribution in [2.24, 2.45) is 0 Å². The molecule has 2 aromatic carbocycles. The summed E-state index contributed by atoms with van der Waals surface area (Å²) in [5, 5.41) is 2.67.